The quantitative estimate of drug-likeness (QED) is 0.844. The van der Waals surface area contributed by atoms with Crippen molar-refractivity contribution in [1.82, 2.24) is 9.97 Å². The van der Waals surface area contributed by atoms with Crippen molar-refractivity contribution < 1.29 is 14.7 Å². The van der Waals surface area contributed by atoms with Crippen molar-refractivity contribution in [3.63, 3.8) is 0 Å². The molecule has 0 spiro atoms. The number of carbonyl (C=O) groups excluding carboxylic acids is 1. The first kappa shape index (κ1) is 14.6. The normalized spacial score (nSPS) is 11.3. The molecule has 1 aromatic rings. The number of nitrogens with zero attached hydrogens (tertiary/aromatic N) is 2. The van der Waals surface area contributed by atoms with Gasteiger partial charge in [-0.1, -0.05) is 20.8 Å². The smallest absolute Gasteiger partial charge is 0.355 e. The molecule has 0 fully saturated rings. The van der Waals surface area contributed by atoms with Gasteiger partial charge in [-0.25, -0.2) is 14.8 Å². The first-order chi connectivity index (χ1) is 8.27. The lowest BCUT2D eigenvalue weighted by atomic mass is 9.86. The Labute approximate surface area is 110 Å². The van der Waals surface area contributed by atoms with Crippen LogP contribution in [0, 0.1) is 5.41 Å². The highest BCUT2D eigenvalue weighted by atomic mass is 32.2. The summed E-state index contributed by atoms with van der Waals surface area (Å²) in [5, 5.41) is 9.12. The summed E-state index contributed by atoms with van der Waals surface area (Å²) in [6.07, 6.45) is 3.19. The summed E-state index contributed by atoms with van der Waals surface area (Å²) >= 11 is 1.49. The Morgan fingerprint density at radius 3 is 2.44 bits per heavy atom. The lowest BCUT2D eigenvalue weighted by Gasteiger charge is -2.17. The number of Topliss-reactive ketones (excluding diaryl/α,β-unsaturated/α-hetero) is 1. The second-order valence-electron chi connectivity index (χ2n) is 4.87. The fraction of sp³-hybridized carbons (Fsp3) is 0.500. The van der Waals surface area contributed by atoms with Gasteiger partial charge in [-0.2, -0.15) is 11.8 Å². The Kier molecular flexibility index (Phi) is 4.45. The first-order valence-corrected chi connectivity index (χ1v) is 6.79. The highest BCUT2D eigenvalue weighted by molar-refractivity contribution is 7.97. The SMILES string of the molecule is CSCc1ncc(C(=O)C(C)(C)C)c(C(=O)O)n1. The maximum atomic E-state index is 12.1. The fourth-order valence-electron chi connectivity index (χ4n) is 1.35. The van der Waals surface area contributed by atoms with Crippen molar-refractivity contribution in [2.45, 2.75) is 26.5 Å². The molecule has 0 aliphatic rings. The van der Waals surface area contributed by atoms with Crippen molar-refractivity contribution in [2.75, 3.05) is 6.26 Å². The van der Waals surface area contributed by atoms with E-state index in [1.54, 1.807) is 20.8 Å². The molecule has 1 aromatic heterocycles. The van der Waals surface area contributed by atoms with Crippen molar-refractivity contribution in [2.24, 2.45) is 5.41 Å². The molecule has 0 radical (unpaired) electrons. The largest absolute Gasteiger partial charge is 0.476 e. The molecule has 0 aliphatic heterocycles. The van der Waals surface area contributed by atoms with E-state index in [2.05, 4.69) is 9.97 Å². The van der Waals surface area contributed by atoms with E-state index in [0.29, 0.717) is 11.6 Å². The minimum Gasteiger partial charge on any atom is -0.476 e. The lowest BCUT2D eigenvalue weighted by molar-refractivity contribution is 0.0680. The van der Waals surface area contributed by atoms with E-state index in [-0.39, 0.29) is 17.0 Å². The second-order valence-corrected chi connectivity index (χ2v) is 5.73. The van der Waals surface area contributed by atoms with Crippen LogP contribution in [0.15, 0.2) is 6.20 Å². The van der Waals surface area contributed by atoms with Crippen LogP contribution in [0.1, 0.15) is 47.4 Å². The van der Waals surface area contributed by atoms with E-state index in [1.165, 1.54) is 18.0 Å². The van der Waals surface area contributed by atoms with E-state index in [9.17, 15) is 9.59 Å². The zero-order valence-corrected chi connectivity index (χ0v) is 11.7. The maximum absolute atomic E-state index is 12.1. The summed E-state index contributed by atoms with van der Waals surface area (Å²) in [7, 11) is 0. The van der Waals surface area contributed by atoms with Crippen LogP contribution in [0.5, 0.6) is 0 Å². The monoisotopic (exact) mass is 268 g/mol. The van der Waals surface area contributed by atoms with Gasteiger partial charge in [0, 0.05) is 11.6 Å². The van der Waals surface area contributed by atoms with Crippen molar-refractivity contribution in [3.8, 4) is 0 Å². The molecule has 0 aliphatic carbocycles. The Morgan fingerprint density at radius 1 is 1.39 bits per heavy atom. The summed E-state index contributed by atoms with van der Waals surface area (Å²) in [6.45, 7) is 5.20. The van der Waals surface area contributed by atoms with Crippen molar-refractivity contribution in [3.05, 3.63) is 23.3 Å². The highest BCUT2D eigenvalue weighted by Crippen LogP contribution is 2.22. The van der Waals surface area contributed by atoms with E-state index >= 15 is 0 Å². The van der Waals surface area contributed by atoms with Gasteiger partial charge in [0.25, 0.3) is 0 Å². The van der Waals surface area contributed by atoms with Crippen LogP contribution >= 0.6 is 11.8 Å². The number of aromatic nitrogens is 2. The molecule has 0 saturated carbocycles. The average Bonchev–Trinajstić information content (AvgIpc) is 2.27. The van der Waals surface area contributed by atoms with Crippen LogP contribution in [0.25, 0.3) is 0 Å². The molecular weight excluding hydrogens is 252 g/mol. The minimum atomic E-state index is -1.20. The number of hydrogen-bond acceptors (Lipinski definition) is 5. The van der Waals surface area contributed by atoms with Crippen LogP contribution in [-0.4, -0.2) is 33.1 Å². The van der Waals surface area contributed by atoms with Gasteiger partial charge in [0.1, 0.15) is 5.82 Å². The molecule has 0 unspecified atom stereocenters. The molecular formula is C12H16N2O3S. The molecule has 1 N–H and O–H groups in total. The molecule has 1 rings (SSSR count). The third kappa shape index (κ3) is 3.29. The maximum Gasteiger partial charge on any atom is 0.355 e. The number of ketones is 1. The number of thioether (sulfide) groups is 1. The molecule has 0 aromatic carbocycles. The summed E-state index contributed by atoms with van der Waals surface area (Å²) in [5.41, 5.74) is -0.803. The number of carbonyl (C=O) groups is 2. The standard InChI is InChI=1S/C12H16N2O3S/c1-12(2,3)10(15)7-5-13-8(6-18-4)14-9(7)11(16)17/h5H,6H2,1-4H3,(H,16,17). The average molecular weight is 268 g/mol. The van der Waals surface area contributed by atoms with E-state index < -0.39 is 11.4 Å². The van der Waals surface area contributed by atoms with Crippen molar-refractivity contribution >= 4 is 23.5 Å². The number of carboxylic acids is 1. The van der Waals surface area contributed by atoms with E-state index in [4.69, 9.17) is 5.11 Å². The first-order valence-electron chi connectivity index (χ1n) is 5.40. The number of rotatable bonds is 4. The number of hydrogen-bond donors (Lipinski definition) is 1. The third-order valence-electron chi connectivity index (χ3n) is 2.24. The predicted molar refractivity (Wildman–Crippen MR) is 70.0 cm³/mol. The minimum absolute atomic E-state index is 0.0693. The van der Waals surface area contributed by atoms with Gasteiger partial charge < -0.3 is 5.11 Å². The van der Waals surface area contributed by atoms with Gasteiger partial charge in [0.05, 0.1) is 11.3 Å². The van der Waals surface area contributed by atoms with Gasteiger partial charge >= 0.3 is 5.97 Å². The van der Waals surface area contributed by atoms with Gasteiger partial charge in [-0.15, -0.1) is 0 Å². The van der Waals surface area contributed by atoms with Crippen LogP contribution in [-0.2, 0) is 5.75 Å². The van der Waals surface area contributed by atoms with Gasteiger partial charge in [0.15, 0.2) is 11.5 Å². The topological polar surface area (TPSA) is 80.2 Å². The van der Waals surface area contributed by atoms with Gasteiger partial charge in [0.2, 0.25) is 0 Å². The Bertz CT molecular complexity index is 481. The van der Waals surface area contributed by atoms with Crippen LogP contribution in [0.3, 0.4) is 0 Å². The molecule has 6 heteroatoms. The Morgan fingerprint density at radius 2 is 2.00 bits per heavy atom. The van der Waals surface area contributed by atoms with E-state index in [0.717, 1.165) is 0 Å². The fourth-order valence-corrected chi connectivity index (χ4v) is 1.75. The molecule has 0 atom stereocenters. The molecule has 1 heterocycles. The summed E-state index contributed by atoms with van der Waals surface area (Å²) in [4.78, 5) is 31.2. The number of aromatic carboxylic acids is 1. The Hall–Kier alpha value is -1.43. The van der Waals surface area contributed by atoms with Crippen LogP contribution in [0.2, 0.25) is 0 Å². The highest BCUT2D eigenvalue weighted by Gasteiger charge is 2.28. The molecule has 98 valence electrons. The molecule has 0 bridgehead atoms. The molecule has 0 saturated heterocycles. The predicted octanol–water partition coefficient (Wildman–Crippen LogP) is 2.27. The summed E-state index contributed by atoms with van der Waals surface area (Å²) in [5.74, 6) is -0.530. The molecule has 5 nitrogen and oxygen atoms in total. The summed E-state index contributed by atoms with van der Waals surface area (Å²) in [6, 6.07) is 0. The van der Waals surface area contributed by atoms with Crippen LogP contribution in [0.4, 0.5) is 0 Å². The van der Waals surface area contributed by atoms with Crippen molar-refractivity contribution in [1.29, 1.82) is 0 Å². The second kappa shape index (κ2) is 5.48. The van der Waals surface area contributed by atoms with Crippen LogP contribution < -0.4 is 0 Å². The third-order valence-corrected chi connectivity index (χ3v) is 2.79. The number of carboxylic acid groups (broad SMARTS) is 1. The molecule has 0 amide bonds. The zero-order chi connectivity index (χ0) is 13.9. The summed E-state index contributed by atoms with van der Waals surface area (Å²) < 4.78 is 0. The van der Waals surface area contributed by atoms with Gasteiger partial charge in [-0.3, -0.25) is 4.79 Å². The molecule has 18 heavy (non-hydrogen) atoms. The Balaban J connectivity index is 3.28. The van der Waals surface area contributed by atoms with E-state index in [1.807, 2.05) is 6.26 Å². The van der Waals surface area contributed by atoms with Gasteiger partial charge in [-0.05, 0) is 6.26 Å². The zero-order valence-electron chi connectivity index (χ0n) is 10.9. The lowest BCUT2D eigenvalue weighted by Crippen LogP contribution is -2.24.